The topological polar surface area (TPSA) is 34.4 Å². The molecule has 1 aromatic carbocycles. The zero-order valence-corrected chi connectivity index (χ0v) is 11.2. The lowest BCUT2D eigenvalue weighted by Crippen LogP contribution is -2.18. The second-order valence-corrected chi connectivity index (χ2v) is 4.33. The van der Waals surface area contributed by atoms with Crippen LogP contribution in [0.15, 0.2) is 41.0 Å². The fourth-order valence-electron chi connectivity index (χ4n) is 1.95. The van der Waals surface area contributed by atoms with Crippen molar-refractivity contribution in [3.05, 3.63) is 53.7 Å². The molecule has 1 heterocycles. The molecule has 0 aliphatic carbocycles. The summed E-state index contributed by atoms with van der Waals surface area (Å²) in [7, 11) is 0. The van der Waals surface area contributed by atoms with E-state index in [1.165, 1.54) is 12.1 Å². The molecule has 0 fully saturated rings. The maximum absolute atomic E-state index is 13.4. The molecule has 2 aromatic rings. The lowest BCUT2D eigenvalue weighted by atomic mass is 10.1. The maximum atomic E-state index is 13.4. The first kappa shape index (κ1) is 13.6. The summed E-state index contributed by atoms with van der Waals surface area (Å²) >= 11 is 0. The quantitative estimate of drug-likeness (QED) is 0.863. The van der Waals surface area contributed by atoms with Gasteiger partial charge in [-0.3, -0.25) is 0 Å². The fraction of sp³-hybridized carbons (Fsp3) is 0.333. The van der Waals surface area contributed by atoms with E-state index >= 15 is 0 Å². The molecule has 1 aromatic heterocycles. The summed E-state index contributed by atoms with van der Waals surface area (Å²) in [6.07, 6.45) is 1.60. The van der Waals surface area contributed by atoms with Gasteiger partial charge < -0.3 is 14.5 Å². The van der Waals surface area contributed by atoms with Gasteiger partial charge in [0.15, 0.2) is 0 Å². The van der Waals surface area contributed by atoms with Crippen molar-refractivity contribution in [3.8, 4) is 5.75 Å². The number of hydrogen-bond donors (Lipinski definition) is 1. The zero-order valence-electron chi connectivity index (χ0n) is 11.2. The third-order valence-electron chi connectivity index (χ3n) is 2.90. The third kappa shape index (κ3) is 3.58. The molecule has 0 amide bonds. The van der Waals surface area contributed by atoms with E-state index < -0.39 is 0 Å². The Balaban J connectivity index is 2.14. The first-order valence-electron chi connectivity index (χ1n) is 6.38. The largest absolute Gasteiger partial charge is 0.485 e. The molecule has 1 N–H and O–H groups in total. The van der Waals surface area contributed by atoms with Crippen LogP contribution in [0, 0.1) is 5.82 Å². The summed E-state index contributed by atoms with van der Waals surface area (Å²) in [5.74, 6) is 1.16. The highest BCUT2D eigenvalue weighted by atomic mass is 19.1. The Labute approximate surface area is 112 Å². The van der Waals surface area contributed by atoms with Gasteiger partial charge in [0.05, 0.1) is 6.26 Å². The van der Waals surface area contributed by atoms with Crippen molar-refractivity contribution in [2.24, 2.45) is 0 Å². The first-order valence-corrected chi connectivity index (χ1v) is 6.38. The van der Waals surface area contributed by atoms with Crippen LogP contribution in [0.4, 0.5) is 4.39 Å². The van der Waals surface area contributed by atoms with E-state index in [0.29, 0.717) is 12.4 Å². The van der Waals surface area contributed by atoms with Crippen molar-refractivity contribution in [1.82, 2.24) is 5.32 Å². The van der Waals surface area contributed by atoms with Crippen LogP contribution >= 0.6 is 0 Å². The summed E-state index contributed by atoms with van der Waals surface area (Å²) in [6.45, 7) is 5.15. The molecule has 0 aliphatic heterocycles. The van der Waals surface area contributed by atoms with Gasteiger partial charge in [-0.2, -0.15) is 0 Å². The van der Waals surface area contributed by atoms with E-state index in [1.807, 2.05) is 26.0 Å². The number of nitrogens with one attached hydrogen (secondary N) is 1. The molecule has 1 atom stereocenters. The lowest BCUT2D eigenvalue weighted by molar-refractivity contribution is 0.265. The Morgan fingerprint density at radius 1 is 1.37 bits per heavy atom. The lowest BCUT2D eigenvalue weighted by Gasteiger charge is -2.17. The SMILES string of the molecule is CCNC(C)c1cc(F)ccc1OCc1ccco1. The average molecular weight is 263 g/mol. The maximum Gasteiger partial charge on any atom is 0.146 e. The fourth-order valence-corrected chi connectivity index (χ4v) is 1.95. The van der Waals surface area contributed by atoms with E-state index in [-0.39, 0.29) is 11.9 Å². The molecule has 0 bridgehead atoms. The smallest absolute Gasteiger partial charge is 0.146 e. The first-order chi connectivity index (χ1) is 9.20. The normalized spacial score (nSPS) is 12.4. The molecule has 0 aliphatic rings. The van der Waals surface area contributed by atoms with Crippen molar-refractivity contribution in [2.75, 3.05) is 6.54 Å². The standard InChI is InChI=1S/C15H18FNO2/c1-3-17-11(2)14-9-12(16)6-7-15(14)19-10-13-5-4-8-18-13/h4-9,11,17H,3,10H2,1-2H3. The highest BCUT2D eigenvalue weighted by molar-refractivity contribution is 5.36. The second kappa shape index (κ2) is 6.38. The van der Waals surface area contributed by atoms with Crippen LogP contribution in [-0.2, 0) is 6.61 Å². The van der Waals surface area contributed by atoms with Gasteiger partial charge in [0.1, 0.15) is 23.9 Å². The Hall–Kier alpha value is -1.81. The van der Waals surface area contributed by atoms with Gasteiger partial charge in [-0.15, -0.1) is 0 Å². The minimum Gasteiger partial charge on any atom is -0.485 e. The van der Waals surface area contributed by atoms with Crippen molar-refractivity contribution in [3.63, 3.8) is 0 Å². The molecular weight excluding hydrogens is 245 g/mol. The number of ether oxygens (including phenoxy) is 1. The molecule has 0 spiro atoms. The highest BCUT2D eigenvalue weighted by Gasteiger charge is 2.12. The minimum atomic E-state index is -0.259. The number of hydrogen-bond acceptors (Lipinski definition) is 3. The molecule has 3 nitrogen and oxygen atoms in total. The molecule has 0 saturated carbocycles. The van der Waals surface area contributed by atoms with Crippen molar-refractivity contribution in [1.29, 1.82) is 0 Å². The van der Waals surface area contributed by atoms with E-state index in [4.69, 9.17) is 9.15 Å². The van der Waals surface area contributed by atoms with E-state index in [9.17, 15) is 4.39 Å². The molecule has 2 rings (SSSR count). The highest BCUT2D eigenvalue weighted by Crippen LogP contribution is 2.26. The molecule has 0 saturated heterocycles. The summed E-state index contributed by atoms with van der Waals surface area (Å²) < 4.78 is 24.3. The van der Waals surface area contributed by atoms with Crippen LogP contribution in [0.25, 0.3) is 0 Å². The van der Waals surface area contributed by atoms with Gasteiger partial charge in [0.2, 0.25) is 0 Å². The van der Waals surface area contributed by atoms with Crippen LogP contribution in [0.2, 0.25) is 0 Å². The summed E-state index contributed by atoms with van der Waals surface area (Å²) in [5, 5.41) is 3.25. The molecule has 4 heteroatoms. The van der Waals surface area contributed by atoms with E-state index in [1.54, 1.807) is 12.3 Å². The van der Waals surface area contributed by atoms with Gasteiger partial charge in [0, 0.05) is 11.6 Å². The van der Waals surface area contributed by atoms with Gasteiger partial charge in [0.25, 0.3) is 0 Å². The van der Waals surface area contributed by atoms with Crippen LogP contribution in [0.1, 0.15) is 31.2 Å². The van der Waals surface area contributed by atoms with Crippen LogP contribution < -0.4 is 10.1 Å². The zero-order chi connectivity index (χ0) is 13.7. The molecule has 102 valence electrons. The van der Waals surface area contributed by atoms with Gasteiger partial charge in [-0.1, -0.05) is 6.92 Å². The Kier molecular flexibility index (Phi) is 4.58. The number of rotatable bonds is 6. The molecule has 1 unspecified atom stereocenters. The van der Waals surface area contributed by atoms with Gasteiger partial charge in [-0.05, 0) is 43.8 Å². The van der Waals surface area contributed by atoms with Crippen molar-refractivity contribution in [2.45, 2.75) is 26.5 Å². The van der Waals surface area contributed by atoms with E-state index in [2.05, 4.69) is 5.32 Å². The Morgan fingerprint density at radius 2 is 2.21 bits per heavy atom. The summed E-state index contributed by atoms with van der Waals surface area (Å²) in [5.41, 5.74) is 0.813. The summed E-state index contributed by atoms with van der Waals surface area (Å²) in [6, 6.07) is 8.25. The van der Waals surface area contributed by atoms with Gasteiger partial charge >= 0.3 is 0 Å². The predicted molar refractivity (Wildman–Crippen MR) is 71.5 cm³/mol. The minimum absolute atomic E-state index is 0.0345. The van der Waals surface area contributed by atoms with Crippen molar-refractivity contribution >= 4 is 0 Å². The molecular formula is C15H18FNO2. The van der Waals surface area contributed by atoms with Gasteiger partial charge in [-0.25, -0.2) is 4.39 Å². The number of furan rings is 1. The Bertz CT molecular complexity index is 511. The second-order valence-electron chi connectivity index (χ2n) is 4.33. The predicted octanol–water partition coefficient (Wildman–Crippen LogP) is 3.67. The Morgan fingerprint density at radius 3 is 2.89 bits per heavy atom. The van der Waals surface area contributed by atoms with E-state index in [0.717, 1.165) is 17.9 Å². The average Bonchev–Trinajstić information content (AvgIpc) is 2.90. The van der Waals surface area contributed by atoms with Crippen LogP contribution in [-0.4, -0.2) is 6.54 Å². The number of halogens is 1. The molecule has 19 heavy (non-hydrogen) atoms. The summed E-state index contributed by atoms with van der Waals surface area (Å²) in [4.78, 5) is 0. The van der Waals surface area contributed by atoms with Crippen LogP contribution in [0.5, 0.6) is 5.75 Å². The number of benzene rings is 1. The third-order valence-corrected chi connectivity index (χ3v) is 2.90. The monoisotopic (exact) mass is 263 g/mol. The van der Waals surface area contributed by atoms with Crippen LogP contribution in [0.3, 0.4) is 0 Å². The van der Waals surface area contributed by atoms with Crippen molar-refractivity contribution < 1.29 is 13.5 Å². The molecule has 0 radical (unpaired) electrons.